The zero-order valence-corrected chi connectivity index (χ0v) is 13.5. The van der Waals surface area contributed by atoms with E-state index in [2.05, 4.69) is 22.7 Å². The number of nitrogens with two attached hydrogens (primary N) is 1. The molecule has 0 atom stereocenters. The van der Waals surface area contributed by atoms with Gasteiger partial charge in [-0.25, -0.2) is 9.18 Å². The number of benzene rings is 2. The van der Waals surface area contributed by atoms with Gasteiger partial charge < -0.3 is 15.2 Å². The van der Waals surface area contributed by atoms with Crippen LogP contribution in [0.3, 0.4) is 0 Å². The van der Waals surface area contributed by atoms with E-state index in [1.165, 1.54) is 37.6 Å². The lowest BCUT2D eigenvalue weighted by atomic mass is 10.2. The Hall–Kier alpha value is -3.00. The van der Waals surface area contributed by atoms with Gasteiger partial charge in [-0.15, -0.1) is 0 Å². The van der Waals surface area contributed by atoms with Crippen LogP contribution < -0.4 is 20.6 Å². The molecule has 0 amide bonds. The highest BCUT2D eigenvalue weighted by atomic mass is 32.1. The second-order valence-corrected chi connectivity index (χ2v) is 4.98. The number of hydrazone groups is 1. The van der Waals surface area contributed by atoms with Gasteiger partial charge in [-0.3, -0.25) is 5.43 Å². The Balaban J connectivity index is 2.17. The summed E-state index contributed by atoms with van der Waals surface area (Å²) in [7, 11) is 1.43. The maximum absolute atomic E-state index is 13.2. The van der Waals surface area contributed by atoms with E-state index >= 15 is 0 Å². The summed E-state index contributed by atoms with van der Waals surface area (Å²) in [6.07, 6.45) is 1.47. The monoisotopic (exact) mass is 347 g/mol. The average molecular weight is 347 g/mol. The van der Waals surface area contributed by atoms with E-state index in [-0.39, 0.29) is 16.4 Å². The smallest absolute Gasteiger partial charge is 0.343 e. The molecule has 3 N–H and O–H groups in total. The van der Waals surface area contributed by atoms with Gasteiger partial charge in [0.2, 0.25) is 0 Å². The Kier molecular flexibility index (Phi) is 5.80. The predicted molar refractivity (Wildman–Crippen MR) is 91.9 cm³/mol. The zero-order valence-electron chi connectivity index (χ0n) is 12.7. The zero-order chi connectivity index (χ0) is 17.5. The van der Waals surface area contributed by atoms with E-state index in [0.717, 1.165) is 6.07 Å². The fourth-order valence-corrected chi connectivity index (χ4v) is 1.85. The van der Waals surface area contributed by atoms with Crippen molar-refractivity contribution >= 4 is 29.5 Å². The van der Waals surface area contributed by atoms with Gasteiger partial charge in [0.1, 0.15) is 5.82 Å². The molecule has 0 aromatic heterocycles. The van der Waals surface area contributed by atoms with E-state index in [1.54, 1.807) is 12.1 Å². The molecule has 0 aliphatic carbocycles. The molecule has 6 nitrogen and oxygen atoms in total. The number of nitrogens with one attached hydrogen (secondary N) is 1. The number of halogens is 1. The van der Waals surface area contributed by atoms with Crippen molar-refractivity contribution in [2.75, 3.05) is 7.11 Å². The van der Waals surface area contributed by atoms with Crippen molar-refractivity contribution in [3.05, 3.63) is 59.4 Å². The lowest BCUT2D eigenvalue weighted by Gasteiger charge is -2.10. The Bertz CT molecular complexity index is 796. The van der Waals surface area contributed by atoms with Crippen molar-refractivity contribution in [3.8, 4) is 11.5 Å². The number of methoxy groups -OCH3 is 1. The Labute approximate surface area is 143 Å². The van der Waals surface area contributed by atoms with Crippen LogP contribution in [0.1, 0.15) is 15.9 Å². The molecule has 0 spiro atoms. The SMILES string of the molecule is COc1cc(/C=N/NC(N)=S)ccc1OC(=O)c1cccc(F)c1. The van der Waals surface area contributed by atoms with E-state index in [0.29, 0.717) is 11.3 Å². The first kappa shape index (κ1) is 17.4. The summed E-state index contributed by atoms with van der Waals surface area (Å²) in [5, 5.41) is 3.86. The Morgan fingerprint density at radius 3 is 2.75 bits per heavy atom. The molecule has 0 saturated heterocycles. The van der Waals surface area contributed by atoms with Gasteiger partial charge in [0.15, 0.2) is 16.6 Å². The van der Waals surface area contributed by atoms with Crippen molar-refractivity contribution in [2.45, 2.75) is 0 Å². The van der Waals surface area contributed by atoms with E-state index in [4.69, 9.17) is 15.2 Å². The summed E-state index contributed by atoms with van der Waals surface area (Å²) in [5.74, 6) is -0.692. The van der Waals surface area contributed by atoms with Crippen molar-refractivity contribution in [2.24, 2.45) is 10.8 Å². The number of nitrogens with zero attached hydrogens (tertiary/aromatic N) is 1. The third kappa shape index (κ3) is 4.75. The molecule has 0 heterocycles. The third-order valence-electron chi connectivity index (χ3n) is 2.84. The average Bonchev–Trinajstić information content (AvgIpc) is 2.55. The first-order valence-corrected chi connectivity index (χ1v) is 7.14. The normalized spacial score (nSPS) is 10.4. The van der Waals surface area contributed by atoms with E-state index in [9.17, 15) is 9.18 Å². The standard InChI is InChI=1S/C16H14FN3O3S/c1-22-14-7-10(9-19-20-16(18)24)5-6-13(14)23-15(21)11-3-2-4-12(17)8-11/h2-9H,1H3,(H3,18,20,24)/b19-9+. The largest absolute Gasteiger partial charge is 0.493 e. The second kappa shape index (κ2) is 8.02. The van der Waals surface area contributed by atoms with Gasteiger partial charge in [0, 0.05) is 0 Å². The number of hydrogen-bond acceptors (Lipinski definition) is 5. The van der Waals surface area contributed by atoms with Crippen LogP contribution in [0.2, 0.25) is 0 Å². The molecular weight excluding hydrogens is 333 g/mol. The molecule has 24 heavy (non-hydrogen) atoms. The molecule has 8 heteroatoms. The van der Waals surface area contributed by atoms with Crippen molar-refractivity contribution in [3.63, 3.8) is 0 Å². The number of carbonyl (C=O) groups excluding carboxylic acids is 1. The van der Waals surface area contributed by atoms with Gasteiger partial charge in [-0.2, -0.15) is 5.10 Å². The molecule has 0 aliphatic heterocycles. The number of esters is 1. The highest BCUT2D eigenvalue weighted by Crippen LogP contribution is 2.28. The van der Waals surface area contributed by atoms with Gasteiger partial charge >= 0.3 is 5.97 Å². The van der Waals surface area contributed by atoms with Crippen LogP contribution in [0.4, 0.5) is 4.39 Å². The Morgan fingerprint density at radius 2 is 2.08 bits per heavy atom. The van der Waals surface area contributed by atoms with Gasteiger partial charge in [0.25, 0.3) is 0 Å². The molecule has 124 valence electrons. The number of thiocarbonyl (C=S) groups is 1. The van der Waals surface area contributed by atoms with Crippen molar-refractivity contribution in [1.29, 1.82) is 0 Å². The maximum atomic E-state index is 13.2. The van der Waals surface area contributed by atoms with Crippen molar-refractivity contribution < 1.29 is 18.7 Å². The Morgan fingerprint density at radius 1 is 1.29 bits per heavy atom. The fourth-order valence-electron chi connectivity index (χ4n) is 1.79. The fraction of sp³-hybridized carbons (Fsp3) is 0.0625. The molecular formula is C16H14FN3O3S. The highest BCUT2D eigenvalue weighted by Gasteiger charge is 2.13. The summed E-state index contributed by atoms with van der Waals surface area (Å²) in [4.78, 5) is 12.1. The van der Waals surface area contributed by atoms with E-state index in [1.807, 2.05) is 0 Å². The number of carbonyl (C=O) groups is 1. The second-order valence-electron chi connectivity index (χ2n) is 4.54. The predicted octanol–water partition coefficient (Wildman–Crippen LogP) is 2.22. The highest BCUT2D eigenvalue weighted by molar-refractivity contribution is 7.80. The van der Waals surface area contributed by atoms with Crippen LogP contribution in [-0.2, 0) is 0 Å². The minimum atomic E-state index is -0.690. The molecule has 0 fully saturated rings. The summed E-state index contributed by atoms with van der Waals surface area (Å²) < 4.78 is 23.6. The molecule has 0 aliphatic rings. The first-order valence-electron chi connectivity index (χ1n) is 6.74. The quantitative estimate of drug-likeness (QED) is 0.284. The molecule has 0 radical (unpaired) electrons. The maximum Gasteiger partial charge on any atom is 0.343 e. The molecule has 0 saturated carbocycles. The molecule has 0 unspecified atom stereocenters. The van der Waals surface area contributed by atoms with E-state index < -0.39 is 11.8 Å². The summed E-state index contributed by atoms with van der Waals surface area (Å²) in [6.45, 7) is 0. The summed E-state index contributed by atoms with van der Waals surface area (Å²) in [5.41, 5.74) is 8.45. The number of rotatable bonds is 5. The number of ether oxygens (including phenoxy) is 2. The van der Waals surface area contributed by atoms with Crippen LogP contribution in [0.5, 0.6) is 11.5 Å². The van der Waals surface area contributed by atoms with Gasteiger partial charge in [0.05, 0.1) is 18.9 Å². The van der Waals surface area contributed by atoms with Crippen LogP contribution >= 0.6 is 12.2 Å². The van der Waals surface area contributed by atoms with Crippen LogP contribution in [0.15, 0.2) is 47.6 Å². The lowest BCUT2D eigenvalue weighted by Crippen LogP contribution is -2.23. The van der Waals surface area contributed by atoms with Gasteiger partial charge in [-0.05, 0) is 54.2 Å². The minimum Gasteiger partial charge on any atom is -0.493 e. The third-order valence-corrected chi connectivity index (χ3v) is 2.93. The topological polar surface area (TPSA) is 85.9 Å². The van der Waals surface area contributed by atoms with Crippen LogP contribution in [0, 0.1) is 5.82 Å². The summed E-state index contributed by atoms with van der Waals surface area (Å²) in [6, 6.07) is 10.0. The molecule has 0 bridgehead atoms. The van der Waals surface area contributed by atoms with Crippen molar-refractivity contribution in [1.82, 2.24) is 5.43 Å². The lowest BCUT2D eigenvalue weighted by molar-refractivity contribution is 0.0729. The summed E-state index contributed by atoms with van der Waals surface area (Å²) >= 11 is 4.63. The van der Waals surface area contributed by atoms with Gasteiger partial charge in [-0.1, -0.05) is 6.07 Å². The number of hydrogen-bond donors (Lipinski definition) is 2. The molecule has 2 rings (SSSR count). The minimum absolute atomic E-state index is 0.0406. The molecule has 2 aromatic rings. The molecule has 2 aromatic carbocycles. The van der Waals surface area contributed by atoms with Crippen LogP contribution in [-0.4, -0.2) is 24.4 Å². The first-order chi connectivity index (χ1) is 11.5. The van der Waals surface area contributed by atoms with Crippen LogP contribution in [0.25, 0.3) is 0 Å².